The highest BCUT2D eigenvalue weighted by molar-refractivity contribution is 7.80. The molecular formula is C73H99N13O23S2. The van der Waals surface area contributed by atoms with Crippen LogP contribution in [0.4, 0.5) is 0 Å². The molecule has 0 bridgehead atoms. The first kappa shape index (κ1) is 90.6. The molecule has 1 aliphatic heterocycles. The third kappa shape index (κ3) is 30.1. The average Bonchev–Trinajstić information content (AvgIpc) is 1.11. The highest BCUT2D eigenvalue weighted by atomic mass is 32.1. The van der Waals surface area contributed by atoms with Gasteiger partial charge in [-0.1, -0.05) is 58.4 Å². The van der Waals surface area contributed by atoms with Gasteiger partial charge in [0.15, 0.2) is 0 Å². The zero-order valence-electron chi connectivity index (χ0n) is 62.2. The number of carbonyl (C=O) groups is 15. The summed E-state index contributed by atoms with van der Waals surface area (Å²) in [7, 11) is 1.47. The molecule has 1 fully saturated rings. The summed E-state index contributed by atoms with van der Waals surface area (Å²) in [6, 6.07) is 1.17. The number of aliphatic carboxylic acids is 2. The molecule has 606 valence electrons. The Morgan fingerprint density at radius 3 is 1.61 bits per heavy atom. The molecule has 111 heavy (non-hydrogen) atoms. The van der Waals surface area contributed by atoms with E-state index in [4.69, 9.17) is 14.9 Å². The maximum Gasteiger partial charge on any atom is 0.336 e. The fourth-order valence-corrected chi connectivity index (χ4v) is 12.3. The van der Waals surface area contributed by atoms with Gasteiger partial charge in [-0.3, -0.25) is 71.9 Å². The summed E-state index contributed by atoms with van der Waals surface area (Å²) in [4.78, 5) is 215. The Morgan fingerprint density at radius 2 is 1.06 bits per heavy atom. The number of nitrogens with one attached hydrogen (secondary N) is 11. The fraction of sp³-hybridized carbons (Fsp3) is 0.507. The van der Waals surface area contributed by atoms with Crippen molar-refractivity contribution in [3.63, 3.8) is 0 Å². The van der Waals surface area contributed by atoms with Crippen LogP contribution in [-0.4, -0.2) is 224 Å². The molecule has 1 saturated heterocycles. The number of thiol groups is 2. The molecule has 1 aromatic heterocycles. The number of aliphatic hydroxyl groups is 1. The topological polar surface area (TPSA) is 558 Å². The summed E-state index contributed by atoms with van der Waals surface area (Å²) in [6.45, 7) is 7.60. The fourth-order valence-electron chi connectivity index (χ4n) is 11.8. The van der Waals surface area contributed by atoms with E-state index < -0.39 is 192 Å². The van der Waals surface area contributed by atoms with E-state index in [0.717, 1.165) is 6.92 Å². The van der Waals surface area contributed by atoms with E-state index in [1.54, 1.807) is 32.0 Å². The van der Waals surface area contributed by atoms with Crippen LogP contribution in [0.2, 0.25) is 0 Å². The Hall–Kier alpha value is -11.0. The zero-order chi connectivity index (χ0) is 82.3. The highest BCUT2D eigenvalue weighted by Gasteiger charge is 2.41. The standard InChI is InChI=1S/C73H99N13O23S2/c1-37(2)25-48(66(100)78-47(64(74)98)32-60(93)94)79-70(104)54(36-111)84-72(106)63(39(5)87)85-59(92)34-76-65(99)49(27-40-13-17-43(88)18-14-40)80-67(101)50(28-41-15-19-44(89)20-16-41)81-68(102)51(33-61(95)96)82-69(103)53(35-110)83-71(105)55-11-10-24-86(55)73(107)52(26-38(3)4)77-57(90)12-8-7-9-23-75-58(91)29-42-30-62(97)109-56-31-45(108-6)21-22-46(42)56/h13-22,30-31,37-39,47-55,63,87-89,110-111H,7-12,23-29,32-36H2,1-6H3,(H2,74,98)(H,75,91)(H,76,99)(H,77,90)(H,78,100)(H,79,104)(H,80,101)(H,81,102)(H,82,103)(H,83,105)(H,84,106)(H,85,92)(H,93,94)(H,95,96)/t39-,47+,48+,49+,50+,51+,52+,53+,54+,55+,63+/m1/s1. The number of hydrogen-bond donors (Lipinski definition) is 19. The number of carboxylic acid groups (broad SMARTS) is 2. The number of carbonyl (C=O) groups excluding carboxylic acids is 13. The second kappa shape index (κ2) is 44.6. The number of nitrogens with zero attached hydrogens (tertiary/aromatic N) is 1. The first-order valence-corrected chi connectivity index (χ1v) is 37.1. The Balaban J connectivity index is 1.23. The minimum atomic E-state index is -1.99. The van der Waals surface area contributed by atoms with Crippen molar-refractivity contribution in [2.24, 2.45) is 17.6 Å². The quantitative estimate of drug-likeness (QED) is 0.0131. The van der Waals surface area contributed by atoms with Crippen LogP contribution in [0.15, 0.2) is 82.0 Å². The molecule has 11 atom stereocenters. The number of amides is 13. The molecule has 18 N–H and O–H groups in total. The lowest BCUT2D eigenvalue weighted by Gasteiger charge is -2.30. The molecule has 5 rings (SSSR count). The number of methoxy groups -OCH3 is 1. The van der Waals surface area contributed by atoms with Gasteiger partial charge in [-0.2, -0.15) is 25.3 Å². The summed E-state index contributed by atoms with van der Waals surface area (Å²) in [5.74, 6) is -16.3. The van der Waals surface area contributed by atoms with Crippen LogP contribution in [0.1, 0.15) is 116 Å². The Kier molecular flexibility index (Phi) is 36.4. The number of phenolic OH excluding ortho intramolecular Hbond substituents is 2. The molecule has 0 radical (unpaired) electrons. The summed E-state index contributed by atoms with van der Waals surface area (Å²) in [6.07, 6.45) is -2.43. The van der Waals surface area contributed by atoms with Crippen molar-refractivity contribution in [2.75, 3.05) is 38.2 Å². The van der Waals surface area contributed by atoms with Crippen molar-refractivity contribution < 1.29 is 107 Å². The molecule has 4 aromatic rings. The van der Waals surface area contributed by atoms with Gasteiger partial charge >= 0.3 is 17.6 Å². The maximum absolute atomic E-state index is 14.6. The lowest BCUT2D eigenvalue weighted by atomic mass is 10.0. The molecule has 2 heterocycles. The number of benzene rings is 3. The van der Waals surface area contributed by atoms with Crippen LogP contribution in [0, 0.1) is 11.8 Å². The molecule has 0 spiro atoms. The number of phenols is 2. The van der Waals surface area contributed by atoms with E-state index in [9.17, 15) is 102 Å². The predicted molar refractivity (Wildman–Crippen MR) is 405 cm³/mol. The van der Waals surface area contributed by atoms with Crippen molar-refractivity contribution in [2.45, 2.75) is 185 Å². The van der Waals surface area contributed by atoms with Crippen LogP contribution >= 0.6 is 25.3 Å². The minimum absolute atomic E-state index is 0.0290. The van der Waals surface area contributed by atoms with Gasteiger partial charge in [-0.05, 0) is 110 Å². The van der Waals surface area contributed by atoms with Gasteiger partial charge in [-0.25, -0.2) is 4.79 Å². The molecule has 3 aromatic carbocycles. The number of fused-ring (bicyclic) bond motifs is 1. The number of likely N-dealkylation sites (tertiary alicyclic amines) is 1. The number of aromatic hydroxyl groups is 2. The minimum Gasteiger partial charge on any atom is -0.508 e. The number of aliphatic hydroxyl groups excluding tert-OH is 1. The monoisotopic (exact) mass is 1590 g/mol. The van der Waals surface area contributed by atoms with Crippen LogP contribution in [-0.2, 0) is 91.2 Å². The second-order valence-corrected chi connectivity index (χ2v) is 28.2. The first-order chi connectivity index (χ1) is 52.5. The number of primary amides is 1. The van der Waals surface area contributed by atoms with E-state index in [2.05, 4.69) is 83.7 Å². The molecule has 38 heteroatoms. The van der Waals surface area contributed by atoms with Gasteiger partial charge in [0.25, 0.3) is 0 Å². The van der Waals surface area contributed by atoms with E-state index in [-0.39, 0.29) is 92.0 Å². The molecule has 36 nitrogen and oxygen atoms in total. The van der Waals surface area contributed by atoms with Crippen LogP contribution in [0.3, 0.4) is 0 Å². The number of carboxylic acids is 2. The normalized spacial score (nSPS) is 15.2. The maximum atomic E-state index is 14.6. The van der Waals surface area contributed by atoms with Crippen molar-refractivity contribution >= 4 is 125 Å². The summed E-state index contributed by atoms with van der Waals surface area (Å²) < 4.78 is 10.5. The van der Waals surface area contributed by atoms with Crippen LogP contribution < -0.4 is 74.6 Å². The van der Waals surface area contributed by atoms with Crippen molar-refractivity contribution in [1.82, 2.24) is 63.4 Å². The smallest absolute Gasteiger partial charge is 0.336 e. The zero-order valence-corrected chi connectivity index (χ0v) is 64.0. The van der Waals surface area contributed by atoms with Crippen LogP contribution in [0.25, 0.3) is 11.0 Å². The Labute approximate surface area is 649 Å². The molecule has 0 unspecified atom stereocenters. The van der Waals surface area contributed by atoms with Crippen molar-refractivity contribution in [1.29, 1.82) is 0 Å². The number of rotatable bonds is 45. The molecule has 13 amide bonds. The highest BCUT2D eigenvalue weighted by Crippen LogP contribution is 2.25. The lowest BCUT2D eigenvalue weighted by molar-refractivity contribution is -0.143. The molecular weight excluding hydrogens is 1490 g/mol. The van der Waals surface area contributed by atoms with Gasteiger partial charge in [0.1, 0.15) is 83.2 Å². The molecule has 0 saturated carbocycles. The lowest BCUT2D eigenvalue weighted by Crippen LogP contribution is -2.61. The summed E-state index contributed by atoms with van der Waals surface area (Å²) >= 11 is 8.40. The third-order valence-corrected chi connectivity index (χ3v) is 18.2. The summed E-state index contributed by atoms with van der Waals surface area (Å²) in [5.41, 5.74) is 6.01. The molecule has 0 aliphatic carbocycles. The number of nitrogens with two attached hydrogens (primary N) is 1. The van der Waals surface area contributed by atoms with Gasteiger partial charge < -0.3 is 104 Å². The molecule has 1 aliphatic rings. The second-order valence-electron chi connectivity index (χ2n) is 27.5. The van der Waals surface area contributed by atoms with E-state index in [0.29, 0.717) is 47.9 Å². The van der Waals surface area contributed by atoms with Gasteiger partial charge in [-0.15, -0.1) is 0 Å². The largest absolute Gasteiger partial charge is 0.508 e. The number of unbranched alkanes of at least 4 members (excludes halogenated alkanes) is 2. The van der Waals surface area contributed by atoms with Gasteiger partial charge in [0.05, 0.1) is 39.0 Å². The Bertz CT molecular complexity index is 4030. The summed E-state index contributed by atoms with van der Waals surface area (Å²) in [5, 5.41) is 77.6. The van der Waals surface area contributed by atoms with Gasteiger partial charge in [0, 0.05) is 61.4 Å². The van der Waals surface area contributed by atoms with Crippen LogP contribution in [0.5, 0.6) is 17.2 Å². The predicted octanol–water partition coefficient (Wildman–Crippen LogP) is -1.85. The first-order valence-electron chi connectivity index (χ1n) is 35.8. The SMILES string of the molecule is COc1ccc2c(CC(=O)NCCCCCC(=O)N[C@@H](CC(C)C)C(=O)N3CCC[C@H]3C(=O)N[C@@H](CS)C(=O)N[C@@H](CC(=O)O)C(=O)N[C@@H](Cc3ccc(O)cc3)C(=O)N[C@@H](Cc3ccc(O)cc3)C(=O)NCC(=O)N[C@H](C(=O)N[C@@H](CS)C(=O)N[C@@H](CC(C)C)C(=O)N[C@@H](CC(=O)O)C(N)=O)[C@@H](C)O)cc(=O)oc2c1. The van der Waals surface area contributed by atoms with E-state index in [1.165, 1.54) is 66.6 Å². The Morgan fingerprint density at radius 1 is 0.559 bits per heavy atom. The number of hydrogen-bond acceptors (Lipinski definition) is 23. The van der Waals surface area contributed by atoms with Gasteiger partial charge in [0.2, 0.25) is 76.8 Å². The average molecular weight is 1590 g/mol. The van der Waals surface area contributed by atoms with Crippen molar-refractivity contribution in [3.8, 4) is 17.2 Å². The van der Waals surface area contributed by atoms with E-state index >= 15 is 0 Å². The third-order valence-electron chi connectivity index (χ3n) is 17.5. The number of ether oxygens (including phenoxy) is 1. The van der Waals surface area contributed by atoms with E-state index in [1.807, 2.05) is 13.8 Å². The van der Waals surface area contributed by atoms with Crippen molar-refractivity contribution in [3.05, 3.63) is 99.9 Å².